The van der Waals surface area contributed by atoms with Gasteiger partial charge in [-0.05, 0) is 73.2 Å². The molecule has 0 atom stereocenters. The summed E-state index contributed by atoms with van der Waals surface area (Å²) in [6.45, 7) is 4.39. The van der Waals surface area contributed by atoms with Crippen molar-refractivity contribution in [1.82, 2.24) is 14.5 Å². The number of rotatable bonds is 10. The first-order chi connectivity index (χ1) is 20.8. The molecule has 0 aliphatic carbocycles. The van der Waals surface area contributed by atoms with Crippen molar-refractivity contribution in [3.63, 3.8) is 0 Å². The lowest BCUT2D eigenvalue weighted by atomic mass is 9.89. The first-order valence-electron chi connectivity index (χ1n) is 14.2. The van der Waals surface area contributed by atoms with Crippen LogP contribution in [0, 0.1) is 5.41 Å². The highest BCUT2D eigenvalue weighted by molar-refractivity contribution is 7.98. The molecule has 0 bridgehead atoms. The first kappa shape index (κ1) is 28.5. The molecule has 0 unspecified atom stereocenters. The molecule has 6 nitrogen and oxygen atoms in total. The number of nitrogens with zero attached hydrogens (tertiary/aromatic N) is 3. The standard InChI is InChI=1S/C36H33N3O3S/c1-36(2,35(40)41)21-34-38-32-20-29(42-23-28-15-12-27-6-4-5-7-31(27)37-28)16-19-33(32)39(34)22-24-8-10-25(11-9-24)26-13-17-30(43-3)18-14-26/h4-20H,21-23H2,1-3H3,(H,40,41). The van der Waals surface area contributed by atoms with Crippen LogP contribution >= 0.6 is 11.8 Å². The largest absolute Gasteiger partial charge is 0.487 e. The molecular formula is C36H33N3O3S. The number of hydrogen-bond acceptors (Lipinski definition) is 5. The maximum absolute atomic E-state index is 12.0. The minimum atomic E-state index is -0.965. The number of carboxylic acids is 1. The zero-order chi connectivity index (χ0) is 30.0. The highest BCUT2D eigenvalue weighted by Crippen LogP contribution is 2.29. The Morgan fingerprint density at radius 3 is 2.30 bits per heavy atom. The Balaban J connectivity index is 1.27. The van der Waals surface area contributed by atoms with Crippen LogP contribution in [0.5, 0.6) is 5.75 Å². The maximum Gasteiger partial charge on any atom is 0.309 e. The number of aliphatic carboxylic acids is 1. The summed E-state index contributed by atoms with van der Waals surface area (Å²) in [7, 11) is 0. The van der Waals surface area contributed by atoms with E-state index < -0.39 is 11.4 Å². The van der Waals surface area contributed by atoms with Gasteiger partial charge in [-0.1, -0.05) is 60.7 Å². The molecule has 0 amide bonds. The van der Waals surface area contributed by atoms with E-state index in [-0.39, 0.29) is 0 Å². The number of hydrogen-bond donors (Lipinski definition) is 1. The van der Waals surface area contributed by atoms with Gasteiger partial charge in [-0.25, -0.2) is 9.97 Å². The van der Waals surface area contributed by atoms with Crippen LogP contribution in [0.25, 0.3) is 33.1 Å². The number of carbonyl (C=O) groups is 1. The molecule has 43 heavy (non-hydrogen) atoms. The molecule has 0 radical (unpaired) electrons. The van der Waals surface area contributed by atoms with E-state index in [1.807, 2.05) is 48.5 Å². The topological polar surface area (TPSA) is 77.2 Å². The summed E-state index contributed by atoms with van der Waals surface area (Å²) in [4.78, 5) is 22.9. The Morgan fingerprint density at radius 2 is 1.58 bits per heavy atom. The summed E-state index contributed by atoms with van der Waals surface area (Å²) in [5.41, 5.74) is 5.96. The number of fused-ring (bicyclic) bond motifs is 2. The van der Waals surface area contributed by atoms with Crippen LogP contribution in [0.4, 0.5) is 0 Å². The van der Waals surface area contributed by atoms with Crippen molar-refractivity contribution in [3.05, 3.63) is 120 Å². The predicted octanol–water partition coefficient (Wildman–Crippen LogP) is 8.25. The molecule has 0 saturated heterocycles. The van der Waals surface area contributed by atoms with E-state index in [1.54, 1.807) is 25.6 Å². The number of benzene rings is 4. The maximum atomic E-state index is 12.0. The summed E-state index contributed by atoms with van der Waals surface area (Å²) in [6, 6.07) is 35.0. The number of ether oxygens (including phenoxy) is 1. The minimum absolute atomic E-state index is 0.300. The highest BCUT2D eigenvalue weighted by Gasteiger charge is 2.30. The molecule has 0 spiro atoms. The Bertz CT molecular complexity index is 1910. The van der Waals surface area contributed by atoms with Crippen LogP contribution in [0.2, 0.25) is 0 Å². The SMILES string of the molecule is CSc1ccc(-c2ccc(Cn3c(CC(C)(C)C(=O)O)nc4cc(OCc5ccc6ccccc6n5)ccc43)cc2)cc1. The molecule has 1 N–H and O–H groups in total. The smallest absolute Gasteiger partial charge is 0.309 e. The first-order valence-corrected chi connectivity index (χ1v) is 15.4. The summed E-state index contributed by atoms with van der Waals surface area (Å²) < 4.78 is 8.24. The fourth-order valence-electron chi connectivity index (χ4n) is 5.15. The molecule has 7 heteroatoms. The van der Waals surface area contributed by atoms with Crippen molar-refractivity contribution in [2.75, 3.05) is 6.26 Å². The van der Waals surface area contributed by atoms with Crippen molar-refractivity contribution in [2.45, 2.75) is 38.3 Å². The summed E-state index contributed by atoms with van der Waals surface area (Å²) in [6.07, 6.45) is 2.38. The van der Waals surface area contributed by atoms with Gasteiger partial charge in [-0.2, -0.15) is 0 Å². The quantitative estimate of drug-likeness (QED) is 0.163. The van der Waals surface area contributed by atoms with Gasteiger partial charge in [0, 0.05) is 29.3 Å². The zero-order valence-corrected chi connectivity index (χ0v) is 25.3. The molecule has 4 aromatic carbocycles. The normalized spacial score (nSPS) is 11.7. The van der Waals surface area contributed by atoms with Gasteiger partial charge in [-0.3, -0.25) is 4.79 Å². The van der Waals surface area contributed by atoms with Crippen molar-refractivity contribution in [2.24, 2.45) is 5.41 Å². The van der Waals surface area contributed by atoms with Crippen molar-refractivity contribution in [3.8, 4) is 16.9 Å². The second-order valence-electron chi connectivity index (χ2n) is 11.3. The average Bonchev–Trinajstić information content (AvgIpc) is 3.35. The van der Waals surface area contributed by atoms with Crippen LogP contribution in [-0.2, 0) is 24.4 Å². The third kappa shape index (κ3) is 6.27. The number of thioether (sulfide) groups is 1. The Hall–Kier alpha value is -4.62. The number of pyridine rings is 1. The number of para-hydroxylation sites is 1. The molecule has 2 aromatic heterocycles. The number of imidazole rings is 1. The molecular weight excluding hydrogens is 554 g/mol. The van der Waals surface area contributed by atoms with Crippen molar-refractivity contribution >= 4 is 39.7 Å². The van der Waals surface area contributed by atoms with Gasteiger partial charge in [0.15, 0.2) is 0 Å². The Labute approximate surface area is 255 Å². The van der Waals surface area contributed by atoms with Crippen LogP contribution in [0.1, 0.15) is 30.9 Å². The molecule has 216 valence electrons. The van der Waals surface area contributed by atoms with Crippen LogP contribution in [0.3, 0.4) is 0 Å². The van der Waals surface area contributed by atoms with E-state index >= 15 is 0 Å². The molecule has 0 fully saturated rings. The van der Waals surface area contributed by atoms with Crippen LogP contribution < -0.4 is 4.74 Å². The third-order valence-corrected chi connectivity index (χ3v) is 8.48. The molecule has 6 aromatic rings. The van der Waals surface area contributed by atoms with Gasteiger partial charge in [0.1, 0.15) is 18.2 Å². The Kier molecular flexibility index (Phi) is 7.91. The van der Waals surface area contributed by atoms with Crippen LogP contribution in [0.15, 0.2) is 108 Å². The fourth-order valence-corrected chi connectivity index (χ4v) is 5.55. The summed E-state index contributed by atoms with van der Waals surface area (Å²) in [5.74, 6) is 0.565. The Morgan fingerprint density at radius 1 is 0.860 bits per heavy atom. The second kappa shape index (κ2) is 11.9. The van der Waals surface area contributed by atoms with Crippen molar-refractivity contribution < 1.29 is 14.6 Å². The van der Waals surface area contributed by atoms with E-state index in [0.29, 0.717) is 25.3 Å². The minimum Gasteiger partial charge on any atom is -0.487 e. The number of carboxylic acid groups (broad SMARTS) is 1. The molecule has 6 rings (SSSR count). The summed E-state index contributed by atoms with van der Waals surface area (Å²) in [5, 5.41) is 10.9. The van der Waals surface area contributed by atoms with Gasteiger partial charge >= 0.3 is 5.97 Å². The van der Waals surface area contributed by atoms with Gasteiger partial charge in [0.25, 0.3) is 0 Å². The molecule has 0 aliphatic rings. The van der Waals surface area contributed by atoms with Gasteiger partial charge in [0.2, 0.25) is 0 Å². The van der Waals surface area contributed by atoms with Crippen molar-refractivity contribution in [1.29, 1.82) is 0 Å². The van der Waals surface area contributed by atoms with Crippen LogP contribution in [-0.4, -0.2) is 31.9 Å². The van der Waals surface area contributed by atoms with E-state index in [1.165, 1.54) is 10.5 Å². The monoisotopic (exact) mass is 587 g/mol. The average molecular weight is 588 g/mol. The fraction of sp³-hybridized carbons (Fsp3) is 0.194. The zero-order valence-electron chi connectivity index (χ0n) is 24.4. The molecule has 0 saturated carbocycles. The van der Waals surface area contributed by atoms with Gasteiger partial charge in [0.05, 0.1) is 27.7 Å². The van der Waals surface area contributed by atoms with E-state index in [4.69, 9.17) is 14.7 Å². The summed E-state index contributed by atoms with van der Waals surface area (Å²) >= 11 is 1.73. The lowest BCUT2D eigenvalue weighted by Crippen LogP contribution is -2.27. The highest BCUT2D eigenvalue weighted by atomic mass is 32.2. The second-order valence-corrected chi connectivity index (χ2v) is 12.2. The molecule has 0 aliphatic heterocycles. The van der Waals surface area contributed by atoms with Gasteiger partial charge < -0.3 is 14.4 Å². The van der Waals surface area contributed by atoms with E-state index in [0.717, 1.165) is 44.6 Å². The van der Waals surface area contributed by atoms with E-state index in [9.17, 15) is 9.90 Å². The lowest BCUT2D eigenvalue weighted by molar-refractivity contribution is -0.146. The van der Waals surface area contributed by atoms with Gasteiger partial charge in [-0.15, -0.1) is 11.8 Å². The third-order valence-electron chi connectivity index (χ3n) is 7.74. The predicted molar refractivity (Wildman–Crippen MR) is 174 cm³/mol. The number of aromatic nitrogens is 3. The lowest BCUT2D eigenvalue weighted by Gasteiger charge is -2.19. The van der Waals surface area contributed by atoms with E-state index in [2.05, 4.69) is 65.4 Å². The molecule has 2 heterocycles.